The number of nitrogens with zero attached hydrogens (tertiary/aromatic N) is 3. The Morgan fingerprint density at radius 1 is 1.35 bits per heavy atom. The van der Waals surface area contributed by atoms with Crippen molar-refractivity contribution in [2.24, 2.45) is 0 Å². The van der Waals surface area contributed by atoms with E-state index in [0.717, 1.165) is 0 Å². The van der Waals surface area contributed by atoms with Gasteiger partial charge in [0.25, 0.3) is 14.2 Å². The first-order valence-corrected chi connectivity index (χ1v) is 8.25. The topological polar surface area (TPSA) is 74.1 Å². The van der Waals surface area contributed by atoms with E-state index >= 15 is 0 Å². The minimum atomic E-state index is -3.99. The van der Waals surface area contributed by atoms with Gasteiger partial charge in [0.05, 0.1) is 13.2 Å². The summed E-state index contributed by atoms with van der Waals surface area (Å²) in [6, 6.07) is 6.87. The van der Waals surface area contributed by atoms with Crippen molar-refractivity contribution in [1.29, 1.82) is 0 Å². The third kappa shape index (κ3) is 3.29. The molecule has 1 heterocycles. The molecule has 0 radical (unpaired) electrons. The number of methoxy groups -OCH3 is 1. The zero-order valence-corrected chi connectivity index (χ0v) is 12.8. The van der Waals surface area contributed by atoms with E-state index in [4.69, 9.17) is 27.0 Å². The molecule has 0 saturated carbocycles. The summed E-state index contributed by atoms with van der Waals surface area (Å²) in [5.74, 6) is 0.365. The molecule has 0 amide bonds. The van der Waals surface area contributed by atoms with Gasteiger partial charge in [-0.15, -0.1) is 10.2 Å². The van der Waals surface area contributed by atoms with Gasteiger partial charge in [0.2, 0.25) is 0 Å². The van der Waals surface area contributed by atoms with Gasteiger partial charge < -0.3 is 4.74 Å². The molecule has 0 aliphatic carbocycles. The molecule has 0 aliphatic rings. The maximum atomic E-state index is 11.5. The fourth-order valence-electron chi connectivity index (χ4n) is 1.69. The highest BCUT2D eigenvalue weighted by Gasteiger charge is 2.23. The average molecular weight is 336 g/mol. The van der Waals surface area contributed by atoms with Crippen LogP contribution < -0.4 is 0 Å². The molecular formula is C11H11Cl2N3O3S. The zero-order valence-electron chi connectivity index (χ0n) is 10.5. The number of hydrogen-bond donors (Lipinski definition) is 0. The van der Waals surface area contributed by atoms with Gasteiger partial charge in [-0.2, -0.15) is 0 Å². The Balaban J connectivity index is 2.56. The molecular weight excluding hydrogens is 325 g/mol. The van der Waals surface area contributed by atoms with Crippen molar-refractivity contribution in [3.05, 3.63) is 29.3 Å². The van der Waals surface area contributed by atoms with Crippen molar-refractivity contribution >= 4 is 31.3 Å². The van der Waals surface area contributed by atoms with Crippen molar-refractivity contribution < 1.29 is 13.2 Å². The molecule has 0 saturated heterocycles. The van der Waals surface area contributed by atoms with E-state index in [9.17, 15) is 8.42 Å². The Morgan fingerprint density at radius 2 is 2.10 bits per heavy atom. The van der Waals surface area contributed by atoms with E-state index in [1.165, 1.54) is 11.7 Å². The molecule has 6 nitrogen and oxygen atoms in total. The first-order valence-electron chi connectivity index (χ1n) is 5.56. The Morgan fingerprint density at radius 3 is 2.70 bits per heavy atom. The summed E-state index contributed by atoms with van der Waals surface area (Å²) in [7, 11) is 2.88. The van der Waals surface area contributed by atoms with Crippen LogP contribution in [0.2, 0.25) is 5.02 Å². The summed E-state index contributed by atoms with van der Waals surface area (Å²) in [5, 5.41) is 7.72. The molecule has 9 heteroatoms. The second kappa shape index (κ2) is 6.09. The normalized spacial score (nSPS) is 11.8. The molecule has 0 unspecified atom stereocenters. The van der Waals surface area contributed by atoms with Crippen LogP contribution in [0.3, 0.4) is 0 Å². The fourth-order valence-corrected chi connectivity index (χ4v) is 2.81. The molecule has 1 aromatic heterocycles. The van der Waals surface area contributed by atoms with Gasteiger partial charge in [-0.25, -0.2) is 8.42 Å². The second-order valence-corrected chi connectivity index (χ2v) is 6.79. The number of hydrogen-bond acceptors (Lipinski definition) is 5. The van der Waals surface area contributed by atoms with Crippen molar-refractivity contribution in [3.8, 4) is 11.4 Å². The van der Waals surface area contributed by atoms with Crippen LogP contribution in [0.25, 0.3) is 11.4 Å². The van der Waals surface area contributed by atoms with E-state index in [-0.39, 0.29) is 11.7 Å². The predicted molar refractivity (Wildman–Crippen MR) is 75.4 cm³/mol. The molecule has 0 spiro atoms. The molecule has 0 fully saturated rings. The SMILES string of the molecule is COCCn1c(-c2cccc(Cl)c2)nnc1S(=O)(=O)Cl. The van der Waals surface area contributed by atoms with E-state index in [1.54, 1.807) is 24.3 Å². The van der Waals surface area contributed by atoms with Crippen LogP contribution >= 0.6 is 22.3 Å². The van der Waals surface area contributed by atoms with Crippen LogP contribution in [-0.2, 0) is 20.3 Å². The predicted octanol–water partition coefficient (Wildman–Crippen LogP) is 2.17. The Labute approximate surface area is 125 Å². The third-order valence-corrected chi connectivity index (χ3v) is 3.92. The summed E-state index contributed by atoms with van der Waals surface area (Å²) < 4.78 is 29.4. The lowest BCUT2D eigenvalue weighted by Crippen LogP contribution is -2.11. The highest BCUT2D eigenvalue weighted by Crippen LogP contribution is 2.24. The van der Waals surface area contributed by atoms with Gasteiger partial charge in [0.15, 0.2) is 5.82 Å². The molecule has 2 rings (SSSR count). The number of rotatable bonds is 5. The molecule has 0 atom stereocenters. The number of halogens is 2. The molecule has 2 aromatic rings. The highest BCUT2D eigenvalue weighted by molar-refractivity contribution is 8.13. The van der Waals surface area contributed by atoms with Gasteiger partial charge in [0.1, 0.15) is 0 Å². The van der Waals surface area contributed by atoms with E-state index in [2.05, 4.69) is 10.2 Å². The van der Waals surface area contributed by atoms with Gasteiger partial charge in [-0.1, -0.05) is 23.7 Å². The molecule has 0 bridgehead atoms. The first kappa shape index (κ1) is 15.2. The minimum absolute atomic E-state index is 0.257. The van der Waals surface area contributed by atoms with Crippen molar-refractivity contribution in [3.63, 3.8) is 0 Å². The second-order valence-electron chi connectivity index (χ2n) is 3.90. The first-order chi connectivity index (χ1) is 9.43. The number of aromatic nitrogens is 3. The maximum Gasteiger partial charge on any atom is 0.296 e. The Hall–Kier alpha value is -1.15. The van der Waals surface area contributed by atoms with Gasteiger partial charge >= 0.3 is 0 Å². The summed E-state index contributed by atoms with van der Waals surface area (Å²) in [6.45, 7) is 0.553. The molecule has 0 aliphatic heterocycles. The Bertz CT molecular complexity index is 715. The van der Waals surface area contributed by atoms with E-state index < -0.39 is 9.05 Å². The van der Waals surface area contributed by atoms with Crippen LogP contribution in [0.5, 0.6) is 0 Å². The van der Waals surface area contributed by atoms with Crippen LogP contribution in [0.4, 0.5) is 0 Å². The van der Waals surface area contributed by atoms with Crippen molar-refractivity contribution in [1.82, 2.24) is 14.8 Å². The molecule has 108 valence electrons. The summed E-state index contributed by atoms with van der Waals surface area (Å²) in [4.78, 5) is 0. The summed E-state index contributed by atoms with van der Waals surface area (Å²) in [6.07, 6.45) is 0. The zero-order chi connectivity index (χ0) is 14.8. The lowest BCUT2D eigenvalue weighted by atomic mass is 10.2. The van der Waals surface area contributed by atoms with Crippen LogP contribution in [0.15, 0.2) is 29.4 Å². The lowest BCUT2D eigenvalue weighted by Gasteiger charge is -2.08. The third-order valence-electron chi connectivity index (χ3n) is 2.54. The highest BCUT2D eigenvalue weighted by atomic mass is 35.7. The Kier molecular flexibility index (Phi) is 4.64. The number of ether oxygens (including phenoxy) is 1. The summed E-state index contributed by atoms with van der Waals surface area (Å²) >= 11 is 5.92. The monoisotopic (exact) mass is 335 g/mol. The smallest absolute Gasteiger partial charge is 0.296 e. The van der Waals surface area contributed by atoms with Crippen molar-refractivity contribution in [2.75, 3.05) is 13.7 Å². The van der Waals surface area contributed by atoms with Gasteiger partial charge in [-0.3, -0.25) is 4.57 Å². The molecule has 1 aromatic carbocycles. The number of benzene rings is 1. The van der Waals surface area contributed by atoms with Crippen molar-refractivity contribution in [2.45, 2.75) is 11.7 Å². The largest absolute Gasteiger partial charge is 0.383 e. The van der Waals surface area contributed by atoms with Crippen LogP contribution in [0, 0.1) is 0 Å². The fraction of sp³-hybridized carbons (Fsp3) is 0.273. The van der Waals surface area contributed by atoms with Crippen LogP contribution in [-0.4, -0.2) is 36.9 Å². The van der Waals surface area contributed by atoms with Crippen LogP contribution in [0.1, 0.15) is 0 Å². The minimum Gasteiger partial charge on any atom is -0.383 e. The molecule has 0 N–H and O–H groups in total. The summed E-state index contributed by atoms with van der Waals surface area (Å²) in [5.41, 5.74) is 0.646. The average Bonchev–Trinajstić information content (AvgIpc) is 2.79. The van der Waals surface area contributed by atoms with E-state index in [0.29, 0.717) is 23.0 Å². The quantitative estimate of drug-likeness (QED) is 0.783. The van der Waals surface area contributed by atoms with Gasteiger partial charge in [0, 0.05) is 28.4 Å². The maximum absolute atomic E-state index is 11.5. The van der Waals surface area contributed by atoms with E-state index in [1.807, 2.05) is 0 Å². The molecule has 20 heavy (non-hydrogen) atoms. The van der Waals surface area contributed by atoms with Gasteiger partial charge in [-0.05, 0) is 12.1 Å². The lowest BCUT2D eigenvalue weighted by molar-refractivity contribution is 0.185. The standard InChI is InChI=1S/C11H11Cl2N3O3S/c1-19-6-5-16-10(8-3-2-4-9(12)7-8)14-15-11(16)20(13,17)18/h2-4,7H,5-6H2,1H3.